The summed E-state index contributed by atoms with van der Waals surface area (Å²) < 4.78 is 38.2. The SMILES string of the molecule is Nc1nccn2c(C3=C4CC(CO)(C4)OC3)nc(-c3ccc(C(F)(F)c4ccccc4Cl)cc3)c12. The Balaban J connectivity index is 1.43. The van der Waals surface area contributed by atoms with E-state index < -0.39 is 11.5 Å². The summed E-state index contributed by atoms with van der Waals surface area (Å²) in [5.74, 6) is -2.29. The van der Waals surface area contributed by atoms with E-state index in [2.05, 4.69) is 4.98 Å². The Hall–Kier alpha value is -3.33. The van der Waals surface area contributed by atoms with Gasteiger partial charge in [-0.25, -0.2) is 9.97 Å². The molecule has 2 aromatic heterocycles. The topological polar surface area (TPSA) is 85.7 Å². The van der Waals surface area contributed by atoms with E-state index in [0.717, 1.165) is 5.57 Å². The van der Waals surface area contributed by atoms with E-state index in [1.807, 2.05) is 4.40 Å². The molecular weight excluding hydrogens is 474 g/mol. The minimum atomic E-state index is -3.26. The van der Waals surface area contributed by atoms with Crippen LogP contribution in [-0.4, -0.2) is 38.3 Å². The van der Waals surface area contributed by atoms with Gasteiger partial charge in [0.05, 0.1) is 23.8 Å². The van der Waals surface area contributed by atoms with Crippen molar-refractivity contribution >= 4 is 28.5 Å². The highest BCUT2D eigenvalue weighted by atomic mass is 35.5. The predicted octanol–water partition coefficient (Wildman–Crippen LogP) is 5.08. The van der Waals surface area contributed by atoms with Crippen LogP contribution in [0.1, 0.15) is 29.8 Å². The van der Waals surface area contributed by atoms with Crippen molar-refractivity contribution in [2.24, 2.45) is 0 Å². The van der Waals surface area contributed by atoms with Crippen molar-refractivity contribution in [2.75, 3.05) is 18.9 Å². The number of alkyl halides is 2. The first-order chi connectivity index (χ1) is 16.8. The molecule has 35 heavy (non-hydrogen) atoms. The molecule has 4 aromatic rings. The van der Waals surface area contributed by atoms with Crippen LogP contribution in [0.3, 0.4) is 0 Å². The molecular formula is C26H21ClF2N4O2. The number of fused-ring (bicyclic) bond motifs is 3. The van der Waals surface area contributed by atoms with E-state index in [1.54, 1.807) is 30.6 Å². The van der Waals surface area contributed by atoms with Crippen molar-refractivity contribution in [3.05, 3.63) is 88.5 Å². The van der Waals surface area contributed by atoms with E-state index in [-0.39, 0.29) is 28.6 Å². The molecule has 3 N–H and O–H groups in total. The number of hydrogen-bond acceptors (Lipinski definition) is 5. The van der Waals surface area contributed by atoms with Crippen LogP contribution in [0, 0.1) is 0 Å². The maximum Gasteiger partial charge on any atom is 0.299 e. The van der Waals surface area contributed by atoms with Crippen LogP contribution in [0.4, 0.5) is 14.6 Å². The number of aliphatic hydroxyl groups excluding tert-OH is 1. The monoisotopic (exact) mass is 494 g/mol. The van der Waals surface area contributed by atoms with Gasteiger partial charge < -0.3 is 15.6 Å². The lowest BCUT2D eigenvalue weighted by atomic mass is 9.71. The first-order valence-electron chi connectivity index (χ1n) is 11.2. The molecule has 2 bridgehead atoms. The molecule has 1 saturated carbocycles. The van der Waals surface area contributed by atoms with Gasteiger partial charge in [0.25, 0.3) is 5.92 Å². The Bertz CT molecular complexity index is 1490. The molecule has 0 amide bonds. The van der Waals surface area contributed by atoms with Crippen LogP contribution in [-0.2, 0) is 10.7 Å². The Morgan fingerprint density at radius 3 is 2.54 bits per heavy atom. The average Bonchev–Trinajstić information content (AvgIpc) is 3.24. The van der Waals surface area contributed by atoms with Gasteiger partial charge in [-0.15, -0.1) is 0 Å². The number of aromatic nitrogens is 3. The molecule has 0 unspecified atom stereocenters. The number of hydrogen-bond donors (Lipinski definition) is 2. The van der Waals surface area contributed by atoms with Crippen LogP contribution < -0.4 is 5.73 Å². The zero-order valence-electron chi connectivity index (χ0n) is 18.5. The number of rotatable bonds is 5. The van der Waals surface area contributed by atoms with Crippen molar-refractivity contribution in [2.45, 2.75) is 24.4 Å². The number of benzene rings is 2. The third kappa shape index (κ3) is 3.36. The molecule has 0 radical (unpaired) electrons. The fraction of sp³-hybridized carbons (Fsp3) is 0.231. The maximum atomic E-state index is 15.2. The highest BCUT2D eigenvalue weighted by Crippen LogP contribution is 2.49. The van der Waals surface area contributed by atoms with Gasteiger partial charge in [0.2, 0.25) is 0 Å². The van der Waals surface area contributed by atoms with Crippen molar-refractivity contribution in [3.63, 3.8) is 0 Å². The van der Waals surface area contributed by atoms with E-state index >= 15 is 8.78 Å². The van der Waals surface area contributed by atoms with Gasteiger partial charge in [0.15, 0.2) is 0 Å². The number of nitrogens with two attached hydrogens (primary N) is 1. The minimum Gasteiger partial charge on any atom is -0.393 e. The normalized spacial score (nSPS) is 17.0. The fourth-order valence-corrected chi connectivity index (χ4v) is 5.19. The highest BCUT2D eigenvalue weighted by Gasteiger charge is 2.47. The average molecular weight is 495 g/mol. The predicted molar refractivity (Wildman–Crippen MR) is 129 cm³/mol. The molecule has 7 rings (SSSR count). The van der Waals surface area contributed by atoms with Gasteiger partial charge in [-0.1, -0.05) is 59.6 Å². The van der Waals surface area contributed by atoms with E-state index in [9.17, 15) is 5.11 Å². The van der Waals surface area contributed by atoms with Gasteiger partial charge in [-0.3, -0.25) is 4.40 Å². The first kappa shape index (κ1) is 22.2. The largest absolute Gasteiger partial charge is 0.393 e. The lowest BCUT2D eigenvalue weighted by Gasteiger charge is -2.47. The van der Waals surface area contributed by atoms with Crippen LogP contribution in [0.15, 0.2) is 66.5 Å². The number of aliphatic hydroxyl groups is 1. The van der Waals surface area contributed by atoms with E-state index in [4.69, 9.17) is 27.1 Å². The fourth-order valence-electron chi connectivity index (χ4n) is 4.94. The summed E-state index contributed by atoms with van der Waals surface area (Å²) in [4.78, 5) is 9.08. The zero-order valence-corrected chi connectivity index (χ0v) is 19.3. The number of ether oxygens (including phenoxy) is 1. The molecule has 2 aromatic carbocycles. The summed E-state index contributed by atoms with van der Waals surface area (Å²) in [6.07, 6.45) is 4.70. The molecule has 0 saturated heterocycles. The summed E-state index contributed by atoms with van der Waals surface area (Å²) in [6, 6.07) is 11.9. The zero-order chi connectivity index (χ0) is 24.4. The number of imidazole rings is 1. The van der Waals surface area contributed by atoms with Crippen LogP contribution in [0.5, 0.6) is 0 Å². The summed E-state index contributed by atoms with van der Waals surface area (Å²) in [7, 11) is 0. The lowest BCUT2D eigenvalue weighted by molar-refractivity contribution is -0.103. The molecule has 2 aliphatic heterocycles. The summed E-state index contributed by atoms with van der Waals surface area (Å²) in [5.41, 5.74) is 9.25. The van der Waals surface area contributed by atoms with E-state index in [1.165, 1.54) is 35.9 Å². The van der Waals surface area contributed by atoms with Gasteiger partial charge in [-0.2, -0.15) is 8.78 Å². The summed E-state index contributed by atoms with van der Waals surface area (Å²) in [5, 5.41) is 9.63. The molecule has 1 fully saturated rings. The van der Waals surface area contributed by atoms with Crippen LogP contribution in [0.25, 0.3) is 22.3 Å². The van der Waals surface area contributed by atoms with E-state index in [0.29, 0.717) is 42.0 Å². The second-order valence-corrected chi connectivity index (χ2v) is 9.42. The standard InChI is InChI=1S/C26H21ClF2N4O2/c27-20-4-2-1-3-19(20)26(28,29)17-7-5-15(6-8-17)21-22-23(30)31-9-10-33(22)24(32-21)18-13-35-25(14-34)11-16(18)12-25/h1-10,34H,11-14H2,(H2,30,31). The summed E-state index contributed by atoms with van der Waals surface area (Å²) in [6.45, 7) is 0.319. The number of anilines is 1. The number of nitrogens with zero attached hydrogens (tertiary/aromatic N) is 3. The van der Waals surface area contributed by atoms with Crippen LogP contribution >= 0.6 is 11.6 Å². The number of nitrogen functional groups attached to an aromatic ring is 1. The molecule has 6 nitrogen and oxygen atoms in total. The molecule has 4 heterocycles. The molecule has 178 valence electrons. The Labute approximate surface area is 204 Å². The highest BCUT2D eigenvalue weighted by molar-refractivity contribution is 6.31. The molecule has 0 atom stereocenters. The second-order valence-electron chi connectivity index (χ2n) is 9.01. The van der Waals surface area contributed by atoms with Gasteiger partial charge in [-0.05, 0) is 6.07 Å². The van der Waals surface area contributed by atoms with Crippen molar-refractivity contribution in [1.29, 1.82) is 0 Å². The maximum absolute atomic E-state index is 15.2. The van der Waals surface area contributed by atoms with Gasteiger partial charge in [0, 0.05) is 47.5 Å². The quantitative estimate of drug-likeness (QED) is 0.404. The molecule has 3 aliphatic rings. The van der Waals surface area contributed by atoms with Crippen LogP contribution in [0.2, 0.25) is 5.02 Å². The third-order valence-corrected chi connectivity index (χ3v) is 7.22. The van der Waals surface area contributed by atoms with Crippen molar-refractivity contribution < 1.29 is 18.6 Å². The van der Waals surface area contributed by atoms with Crippen molar-refractivity contribution in [1.82, 2.24) is 14.4 Å². The van der Waals surface area contributed by atoms with Gasteiger partial charge in [0.1, 0.15) is 22.9 Å². The third-order valence-electron chi connectivity index (χ3n) is 6.89. The molecule has 0 spiro atoms. The minimum absolute atomic E-state index is 0.00981. The summed E-state index contributed by atoms with van der Waals surface area (Å²) >= 11 is 6.04. The van der Waals surface area contributed by atoms with Crippen molar-refractivity contribution in [3.8, 4) is 11.3 Å². The molecule has 9 heteroatoms. The first-order valence-corrected chi connectivity index (χ1v) is 11.5. The Morgan fingerprint density at radius 2 is 1.89 bits per heavy atom. The number of halogens is 3. The Kier molecular flexibility index (Phi) is 4.96. The molecule has 1 aliphatic carbocycles. The lowest BCUT2D eigenvalue weighted by Crippen LogP contribution is -2.49. The smallest absolute Gasteiger partial charge is 0.299 e. The van der Waals surface area contributed by atoms with Gasteiger partial charge >= 0.3 is 0 Å². The second kappa shape index (κ2) is 7.84. The Morgan fingerprint density at radius 1 is 1.14 bits per heavy atom.